The average molecular weight is 303 g/mol. The van der Waals surface area contributed by atoms with Crippen LogP contribution >= 0.6 is 0 Å². The van der Waals surface area contributed by atoms with E-state index in [0.29, 0.717) is 6.42 Å². The maximum absolute atomic E-state index is 12.1. The molecule has 3 nitrogen and oxygen atoms in total. The van der Waals surface area contributed by atoms with E-state index in [2.05, 4.69) is 50.4 Å². The molecule has 0 aliphatic heterocycles. The average Bonchev–Trinajstić information content (AvgIpc) is 2.92. The molecule has 2 atom stereocenters. The molecule has 1 saturated carbocycles. The van der Waals surface area contributed by atoms with E-state index in [1.807, 2.05) is 0 Å². The Labute approximate surface area is 134 Å². The highest BCUT2D eigenvalue weighted by atomic mass is 16.3. The lowest BCUT2D eigenvalue weighted by Gasteiger charge is -2.20. The number of rotatable bonds is 5. The Morgan fingerprint density at radius 2 is 1.91 bits per heavy atom. The van der Waals surface area contributed by atoms with E-state index in [1.165, 1.54) is 11.1 Å². The van der Waals surface area contributed by atoms with Crippen LogP contribution in [0.1, 0.15) is 57.6 Å². The van der Waals surface area contributed by atoms with Gasteiger partial charge in [-0.2, -0.15) is 0 Å². The predicted molar refractivity (Wildman–Crippen MR) is 89.8 cm³/mol. The fourth-order valence-electron chi connectivity index (χ4n) is 3.15. The van der Waals surface area contributed by atoms with Crippen molar-refractivity contribution in [3.63, 3.8) is 0 Å². The van der Waals surface area contributed by atoms with Crippen molar-refractivity contribution in [2.75, 3.05) is 6.61 Å². The predicted octanol–water partition coefficient (Wildman–Crippen LogP) is 3.19. The van der Waals surface area contributed by atoms with Crippen LogP contribution in [0.25, 0.3) is 0 Å². The maximum atomic E-state index is 12.1. The molecule has 2 unspecified atom stereocenters. The number of benzene rings is 1. The van der Waals surface area contributed by atoms with Crippen LogP contribution < -0.4 is 5.32 Å². The normalized spacial score (nSPS) is 21.8. The van der Waals surface area contributed by atoms with Crippen molar-refractivity contribution in [1.29, 1.82) is 0 Å². The number of hydrogen-bond donors (Lipinski definition) is 2. The number of amides is 1. The largest absolute Gasteiger partial charge is 0.396 e. The van der Waals surface area contributed by atoms with Crippen molar-refractivity contribution < 1.29 is 9.90 Å². The topological polar surface area (TPSA) is 49.3 Å². The van der Waals surface area contributed by atoms with E-state index in [-0.39, 0.29) is 29.9 Å². The van der Waals surface area contributed by atoms with Gasteiger partial charge in [-0.15, -0.1) is 0 Å². The third-order valence-electron chi connectivity index (χ3n) is 4.70. The van der Waals surface area contributed by atoms with Crippen LogP contribution in [-0.2, 0) is 16.6 Å². The summed E-state index contributed by atoms with van der Waals surface area (Å²) >= 11 is 0. The first-order valence-electron chi connectivity index (χ1n) is 8.40. The molecule has 0 radical (unpaired) electrons. The molecule has 2 rings (SSSR count). The van der Waals surface area contributed by atoms with E-state index in [1.54, 1.807) is 0 Å². The summed E-state index contributed by atoms with van der Waals surface area (Å²) in [6.45, 7) is 6.79. The molecule has 1 aromatic rings. The lowest BCUT2D eigenvalue weighted by atomic mass is 9.86. The summed E-state index contributed by atoms with van der Waals surface area (Å²) in [4.78, 5) is 12.1. The van der Waals surface area contributed by atoms with E-state index in [4.69, 9.17) is 0 Å². The maximum Gasteiger partial charge on any atom is 0.220 e. The molecule has 122 valence electrons. The van der Waals surface area contributed by atoms with E-state index in [0.717, 1.165) is 25.7 Å². The van der Waals surface area contributed by atoms with Crippen molar-refractivity contribution in [2.45, 2.75) is 64.3 Å². The number of carbonyl (C=O) groups is 1. The molecular weight excluding hydrogens is 274 g/mol. The van der Waals surface area contributed by atoms with Crippen molar-refractivity contribution in [2.24, 2.45) is 5.92 Å². The molecule has 22 heavy (non-hydrogen) atoms. The lowest BCUT2D eigenvalue weighted by molar-refractivity contribution is -0.122. The first-order valence-corrected chi connectivity index (χ1v) is 8.40. The number of aliphatic hydroxyl groups is 1. The molecule has 0 aromatic heterocycles. The standard InChI is InChI=1S/C19H29NO2/c1-19(2,3)16-10-7-14(8-11-16)9-12-18(22)20-17-6-4-5-15(17)13-21/h7-8,10-11,15,17,21H,4-6,9,12-13H2,1-3H3,(H,20,22). The van der Waals surface area contributed by atoms with E-state index < -0.39 is 0 Å². The minimum absolute atomic E-state index is 0.102. The molecule has 1 aromatic carbocycles. The summed E-state index contributed by atoms with van der Waals surface area (Å²) in [5, 5.41) is 12.4. The summed E-state index contributed by atoms with van der Waals surface area (Å²) < 4.78 is 0. The van der Waals surface area contributed by atoms with Gasteiger partial charge in [-0.25, -0.2) is 0 Å². The van der Waals surface area contributed by atoms with Gasteiger partial charge < -0.3 is 10.4 Å². The van der Waals surface area contributed by atoms with Crippen LogP contribution in [0.3, 0.4) is 0 Å². The molecule has 1 amide bonds. The highest BCUT2D eigenvalue weighted by molar-refractivity contribution is 5.76. The van der Waals surface area contributed by atoms with Crippen LogP contribution in [0.2, 0.25) is 0 Å². The Kier molecular flexibility index (Phi) is 5.63. The van der Waals surface area contributed by atoms with Crippen molar-refractivity contribution in [3.8, 4) is 0 Å². The summed E-state index contributed by atoms with van der Waals surface area (Å²) in [6, 6.07) is 8.73. The molecule has 0 bridgehead atoms. The molecule has 2 N–H and O–H groups in total. The van der Waals surface area contributed by atoms with Gasteiger partial charge in [0.05, 0.1) is 0 Å². The van der Waals surface area contributed by atoms with Crippen molar-refractivity contribution in [3.05, 3.63) is 35.4 Å². The monoisotopic (exact) mass is 303 g/mol. The Hall–Kier alpha value is -1.35. The Morgan fingerprint density at radius 3 is 2.50 bits per heavy atom. The fraction of sp³-hybridized carbons (Fsp3) is 0.632. The first kappa shape index (κ1) is 17.0. The van der Waals surface area contributed by atoms with Crippen LogP contribution in [0, 0.1) is 5.92 Å². The summed E-state index contributed by atoms with van der Waals surface area (Å²) in [7, 11) is 0. The molecule has 1 aliphatic carbocycles. The van der Waals surface area contributed by atoms with Crippen LogP contribution in [0.15, 0.2) is 24.3 Å². The second-order valence-corrected chi connectivity index (χ2v) is 7.49. The van der Waals surface area contributed by atoms with Gasteiger partial charge >= 0.3 is 0 Å². The number of aliphatic hydroxyl groups excluding tert-OH is 1. The van der Waals surface area contributed by atoms with Crippen molar-refractivity contribution >= 4 is 5.91 Å². The Morgan fingerprint density at radius 1 is 1.23 bits per heavy atom. The molecule has 0 heterocycles. The molecule has 0 spiro atoms. The van der Waals surface area contributed by atoms with Crippen LogP contribution in [0.4, 0.5) is 0 Å². The van der Waals surface area contributed by atoms with Gasteiger partial charge in [0, 0.05) is 25.0 Å². The second kappa shape index (κ2) is 7.28. The Bertz CT molecular complexity index is 487. The van der Waals surface area contributed by atoms with Crippen molar-refractivity contribution in [1.82, 2.24) is 5.32 Å². The molecule has 1 fully saturated rings. The van der Waals surface area contributed by atoms with Gasteiger partial charge in [0.25, 0.3) is 0 Å². The number of nitrogens with one attached hydrogen (secondary N) is 1. The summed E-state index contributed by atoms with van der Waals surface area (Å²) in [6.07, 6.45) is 4.41. The second-order valence-electron chi connectivity index (χ2n) is 7.49. The molecule has 3 heteroatoms. The first-order chi connectivity index (χ1) is 10.4. The third-order valence-corrected chi connectivity index (χ3v) is 4.70. The van der Waals surface area contributed by atoms with Gasteiger partial charge in [0.1, 0.15) is 0 Å². The Balaban J connectivity index is 1.81. The number of hydrogen-bond acceptors (Lipinski definition) is 2. The number of aryl methyl sites for hydroxylation is 1. The van der Waals surface area contributed by atoms with Gasteiger partial charge in [-0.1, -0.05) is 51.5 Å². The van der Waals surface area contributed by atoms with E-state index in [9.17, 15) is 9.90 Å². The highest BCUT2D eigenvalue weighted by Gasteiger charge is 2.27. The van der Waals surface area contributed by atoms with Gasteiger partial charge in [0.2, 0.25) is 5.91 Å². The zero-order chi connectivity index (χ0) is 16.2. The third kappa shape index (κ3) is 4.57. The zero-order valence-electron chi connectivity index (χ0n) is 14.1. The van der Waals surface area contributed by atoms with Gasteiger partial charge in [-0.05, 0) is 35.8 Å². The van der Waals surface area contributed by atoms with Gasteiger partial charge in [-0.3, -0.25) is 4.79 Å². The minimum atomic E-state index is 0.102. The quantitative estimate of drug-likeness (QED) is 0.877. The van der Waals surface area contributed by atoms with Crippen LogP contribution in [0.5, 0.6) is 0 Å². The minimum Gasteiger partial charge on any atom is -0.396 e. The zero-order valence-corrected chi connectivity index (χ0v) is 14.1. The molecule has 0 saturated heterocycles. The van der Waals surface area contributed by atoms with Crippen LogP contribution in [-0.4, -0.2) is 23.7 Å². The SMILES string of the molecule is CC(C)(C)c1ccc(CCC(=O)NC2CCCC2CO)cc1. The van der Waals surface area contributed by atoms with E-state index >= 15 is 0 Å². The smallest absolute Gasteiger partial charge is 0.220 e. The number of carbonyl (C=O) groups excluding carboxylic acids is 1. The lowest BCUT2D eigenvalue weighted by Crippen LogP contribution is -2.38. The fourth-order valence-corrected chi connectivity index (χ4v) is 3.15. The highest BCUT2D eigenvalue weighted by Crippen LogP contribution is 2.25. The summed E-state index contributed by atoms with van der Waals surface area (Å²) in [5.74, 6) is 0.347. The summed E-state index contributed by atoms with van der Waals surface area (Å²) in [5.41, 5.74) is 2.68. The molecule has 1 aliphatic rings. The van der Waals surface area contributed by atoms with Gasteiger partial charge in [0.15, 0.2) is 0 Å². The molecular formula is C19H29NO2.